The highest BCUT2D eigenvalue weighted by molar-refractivity contribution is 7.47. The molecule has 0 saturated heterocycles. The number of unbranched alkanes of at least 4 members (excludes halogenated alkanes) is 22. The van der Waals surface area contributed by atoms with Crippen LogP contribution in [0.15, 0.2) is 97.2 Å². The van der Waals surface area contributed by atoms with Crippen LogP contribution in [0, 0.1) is 0 Å². The normalized spacial score (nSPS) is 13.9. The van der Waals surface area contributed by atoms with Crippen molar-refractivity contribution in [1.82, 2.24) is 0 Å². The molecule has 0 aliphatic rings. The van der Waals surface area contributed by atoms with E-state index >= 15 is 0 Å². The van der Waals surface area contributed by atoms with Gasteiger partial charge in [-0.05, 0) is 83.5 Å². The number of phosphoric ester groups is 1. The molecule has 9 nitrogen and oxygen atoms in total. The quantitative estimate of drug-likeness (QED) is 0.0264. The fraction of sp³-hybridized carbons (Fsp3) is 0.695. The van der Waals surface area contributed by atoms with E-state index < -0.39 is 32.5 Å². The van der Waals surface area contributed by atoms with Gasteiger partial charge in [-0.2, -0.15) is 0 Å². The number of esters is 2. The van der Waals surface area contributed by atoms with Crippen molar-refractivity contribution >= 4 is 19.8 Å². The zero-order chi connectivity index (χ0) is 50.2. The molecule has 10 heteroatoms. The van der Waals surface area contributed by atoms with Crippen molar-refractivity contribution in [3.63, 3.8) is 0 Å². The number of allylic oxidation sites excluding steroid dienone is 16. The molecule has 0 aromatic carbocycles. The zero-order valence-electron chi connectivity index (χ0n) is 44.0. The number of carbonyl (C=O) groups excluding carboxylic acids is 2. The van der Waals surface area contributed by atoms with Gasteiger partial charge in [0.2, 0.25) is 0 Å². The average molecular weight is 984 g/mol. The van der Waals surface area contributed by atoms with E-state index in [1.165, 1.54) is 135 Å². The van der Waals surface area contributed by atoms with Crippen molar-refractivity contribution in [2.24, 2.45) is 5.73 Å². The Morgan fingerprint density at radius 1 is 0.449 bits per heavy atom. The van der Waals surface area contributed by atoms with Gasteiger partial charge in [0, 0.05) is 19.4 Å². The topological polar surface area (TPSA) is 134 Å². The minimum Gasteiger partial charge on any atom is -0.462 e. The maximum atomic E-state index is 12.6. The van der Waals surface area contributed by atoms with Crippen molar-refractivity contribution in [1.29, 1.82) is 0 Å². The van der Waals surface area contributed by atoms with Crippen molar-refractivity contribution in [2.75, 3.05) is 26.4 Å². The molecular weight excluding hydrogens is 882 g/mol. The maximum absolute atomic E-state index is 12.6. The van der Waals surface area contributed by atoms with Gasteiger partial charge in [0.25, 0.3) is 0 Å². The predicted octanol–water partition coefficient (Wildman–Crippen LogP) is 17.3. The Labute approximate surface area is 423 Å². The van der Waals surface area contributed by atoms with Crippen LogP contribution in [-0.2, 0) is 32.7 Å². The molecule has 0 fully saturated rings. The van der Waals surface area contributed by atoms with Crippen LogP contribution in [0.3, 0.4) is 0 Å². The van der Waals surface area contributed by atoms with Crippen molar-refractivity contribution < 1.29 is 37.6 Å². The Morgan fingerprint density at radius 2 is 0.826 bits per heavy atom. The second-order valence-corrected chi connectivity index (χ2v) is 19.5. The predicted molar refractivity (Wildman–Crippen MR) is 293 cm³/mol. The van der Waals surface area contributed by atoms with Crippen molar-refractivity contribution in [2.45, 2.75) is 238 Å². The van der Waals surface area contributed by atoms with Gasteiger partial charge >= 0.3 is 19.8 Å². The SMILES string of the molecule is CC/C=C\C/C=C\C/C=C\C/C=C\C/C=C\C/C=C\CCC(=O)OC(COC(=O)CCCCCCCCCCCCCCCCCCC/C=C\C/C=C\CCCCCCC)COP(=O)(O)OCCN. The van der Waals surface area contributed by atoms with Crippen molar-refractivity contribution in [3.05, 3.63) is 97.2 Å². The van der Waals surface area contributed by atoms with Gasteiger partial charge in [0.05, 0.1) is 13.2 Å². The van der Waals surface area contributed by atoms with Crippen LogP contribution in [0.2, 0.25) is 0 Å². The molecule has 0 radical (unpaired) electrons. The molecule has 0 spiro atoms. The second kappa shape index (κ2) is 54.3. The number of ether oxygens (including phenoxy) is 2. The Bertz CT molecular complexity index is 1450. The van der Waals surface area contributed by atoms with Crippen LogP contribution in [0.4, 0.5) is 0 Å². The minimum absolute atomic E-state index is 0.0379. The van der Waals surface area contributed by atoms with E-state index in [0.29, 0.717) is 6.42 Å². The molecule has 2 unspecified atom stereocenters. The first-order valence-corrected chi connectivity index (χ1v) is 29.2. The van der Waals surface area contributed by atoms with Gasteiger partial charge in [-0.3, -0.25) is 18.6 Å². The zero-order valence-corrected chi connectivity index (χ0v) is 44.9. The number of hydrogen-bond donors (Lipinski definition) is 2. The fourth-order valence-corrected chi connectivity index (χ4v) is 8.16. The Kier molecular flexibility index (Phi) is 51.9. The third-order valence-electron chi connectivity index (χ3n) is 11.5. The second-order valence-electron chi connectivity index (χ2n) is 18.1. The summed E-state index contributed by atoms with van der Waals surface area (Å²) in [4.78, 5) is 35.1. The monoisotopic (exact) mass is 984 g/mol. The third kappa shape index (κ3) is 54.1. The Balaban J connectivity index is 4.03. The lowest BCUT2D eigenvalue weighted by molar-refractivity contribution is -0.161. The van der Waals surface area contributed by atoms with Gasteiger partial charge in [0.1, 0.15) is 6.61 Å². The average Bonchev–Trinajstić information content (AvgIpc) is 3.34. The van der Waals surface area contributed by atoms with Crippen molar-refractivity contribution in [3.8, 4) is 0 Å². The molecule has 3 N–H and O–H groups in total. The molecule has 0 bridgehead atoms. The lowest BCUT2D eigenvalue weighted by atomic mass is 10.0. The summed E-state index contributed by atoms with van der Waals surface area (Å²) in [6.45, 7) is 3.53. The molecule has 0 saturated carbocycles. The molecule has 2 atom stereocenters. The van der Waals surface area contributed by atoms with Gasteiger partial charge in [-0.25, -0.2) is 4.57 Å². The molecule has 0 rings (SSSR count). The molecule has 69 heavy (non-hydrogen) atoms. The van der Waals surface area contributed by atoms with Crippen LogP contribution in [0.5, 0.6) is 0 Å². The van der Waals surface area contributed by atoms with Crippen LogP contribution in [0.1, 0.15) is 232 Å². The first-order chi connectivity index (χ1) is 33.8. The number of hydrogen-bond acceptors (Lipinski definition) is 8. The number of nitrogens with two attached hydrogens (primary N) is 1. The largest absolute Gasteiger partial charge is 0.472 e. The van der Waals surface area contributed by atoms with Gasteiger partial charge in [0.15, 0.2) is 6.10 Å². The fourth-order valence-electron chi connectivity index (χ4n) is 7.40. The molecule has 0 heterocycles. The van der Waals surface area contributed by atoms with E-state index in [1.807, 2.05) is 12.2 Å². The molecule has 0 aliphatic heterocycles. The van der Waals surface area contributed by atoms with Crippen LogP contribution in [0.25, 0.3) is 0 Å². The highest BCUT2D eigenvalue weighted by atomic mass is 31.2. The van der Waals surface area contributed by atoms with E-state index in [0.717, 1.165) is 64.2 Å². The molecule has 0 aromatic rings. The lowest BCUT2D eigenvalue weighted by Crippen LogP contribution is -2.29. The van der Waals surface area contributed by atoms with Crippen LogP contribution < -0.4 is 5.73 Å². The number of carbonyl (C=O) groups is 2. The standard InChI is InChI=1S/C59H102NO8P/c1-3-5-7-9-11-13-15-17-19-21-23-24-25-26-27-28-29-30-31-32-34-35-37-39-41-43-45-47-49-51-58(61)65-55-57(56-67-69(63,64)66-54-53-60)68-59(62)52-50-48-46-44-42-40-38-36-33-22-20-18-16-14-12-10-8-6-4-2/h6,8,12,14-15,17-18,20-21,23,33,36,40,42,46,48,57H,3-5,7,9-11,13,16,19,22,24-32,34-35,37-39,41,43-45,47,49-56,60H2,1-2H3,(H,63,64)/b8-6-,14-12-,17-15-,20-18-,23-21-,36-33-,42-40-,48-46-. The van der Waals surface area contributed by atoms with Crippen LogP contribution >= 0.6 is 7.82 Å². The highest BCUT2D eigenvalue weighted by Gasteiger charge is 2.26. The summed E-state index contributed by atoms with van der Waals surface area (Å²) in [5.41, 5.74) is 5.37. The van der Waals surface area contributed by atoms with Gasteiger partial charge < -0.3 is 20.1 Å². The third-order valence-corrected chi connectivity index (χ3v) is 12.5. The summed E-state index contributed by atoms with van der Waals surface area (Å²) in [6.07, 6.45) is 72.0. The summed E-state index contributed by atoms with van der Waals surface area (Å²) < 4.78 is 32.9. The first kappa shape index (κ1) is 65.9. The summed E-state index contributed by atoms with van der Waals surface area (Å²) in [5, 5.41) is 0. The Hall–Kier alpha value is -3.07. The summed E-state index contributed by atoms with van der Waals surface area (Å²) >= 11 is 0. The first-order valence-electron chi connectivity index (χ1n) is 27.7. The number of phosphoric acid groups is 1. The molecule has 396 valence electrons. The molecule has 0 amide bonds. The molecule has 0 aromatic heterocycles. The maximum Gasteiger partial charge on any atom is 0.472 e. The summed E-state index contributed by atoms with van der Waals surface area (Å²) in [6, 6.07) is 0. The highest BCUT2D eigenvalue weighted by Crippen LogP contribution is 2.43. The van der Waals surface area contributed by atoms with E-state index in [-0.39, 0.29) is 32.6 Å². The number of rotatable bonds is 51. The van der Waals surface area contributed by atoms with Crippen LogP contribution in [-0.4, -0.2) is 49.3 Å². The smallest absolute Gasteiger partial charge is 0.462 e. The van der Waals surface area contributed by atoms with E-state index in [1.54, 1.807) is 0 Å². The van der Waals surface area contributed by atoms with E-state index in [2.05, 4.69) is 98.9 Å². The summed E-state index contributed by atoms with van der Waals surface area (Å²) in [7, 11) is -4.41. The van der Waals surface area contributed by atoms with E-state index in [9.17, 15) is 19.0 Å². The molecule has 0 aliphatic carbocycles. The van der Waals surface area contributed by atoms with Gasteiger partial charge in [-0.1, -0.05) is 233 Å². The Morgan fingerprint density at radius 3 is 1.25 bits per heavy atom. The van der Waals surface area contributed by atoms with E-state index in [4.69, 9.17) is 24.3 Å². The lowest BCUT2D eigenvalue weighted by Gasteiger charge is -2.19. The minimum atomic E-state index is -4.41. The van der Waals surface area contributed by atoms with Gasteiger partial charge in [-0.15, -0.1) is 0 Å². The molecular formula is C59H102NO8P. The summed E-state index contributed by atoms with van der Waals surface area (Å²) in [5.74, 6) is -0.926.